The van der Waals surface area contributed by atoms with Crippen molar-refractivity contribution in [1.82, 2.24) is 10.4 Å². The number of hydrazone groups is 1. The van der Waals surface area contributed by atoms with E-state index in [-0.39, 0.29) is 11.5 Å². The van der Waals surface area contributed by atoms with Gasteiger partial charge in [-0.05, 0) is 36.4 Å². The molecule has 1 amide bonds. The van der Waals surface area contributed by atoms with Gasteiger partial charge in [0.1, 0.15) is 11.5 Å². The van der Waals surface area contributed by atoms with Crippen molar-refractivity contribution in [2.75, 3.05) is 0 Å². The number of hydrogen-bond acceptors (Lipinski definition) is 4. The Balaban J connectivity index is 1.69. The Kier molecular flexibility index (Phi) is 4.83. The zero-order chi connectivity index (χ0) is 18.6. The predicted octanol–water partition coefficient (Wildman–Crippen LogP) is 4.12. The van der Waals surface area contributed by atoms with E-state index >= 15 is 0 Å². The van der Waals surface area contributed by atoms with Crippen molar-refractivity contribution in [2.45, 2.75) is 6.18 Å². The third-order valence-corrected chi connectivity index (χ3v) is 3.38. The Morgan fingerprint density at radius 2 is 2.00 bits per heavy atom. The minimum Gasteiger partial charge on any atom is -0.455 e. The van der Waals surface area contributed by atoms with Gasteiger partial charge in [0.25, 0.3) is 5.91 Å². The molecule has 26 heavy (non-hydrogen) atoms. The molecule has 2 heterocycles. The van der Waals surface area contributed by atoms with Crippen LogP contribution < -0.4 is 5.43 Å². The summed E-state index contributed by atoms with van der Waals surface area (Å²) in [5.41, 5.74) is 2.18. The summed E-state index contributed by atoms with van der Waals surface area (Å²) in [7, 11) is 0. The second kappa shape index (κ2) is 7.22. The minimum absolute atomic E-state index is 0.260. The molecule has 3 aromatic rings. The summed E-state index contributed by atoms with van der Waals surface area (Å²) in [6.07, 6.45) is -0.240. The smallest absolute Gasteiger partial charge is 0.416 e. The van der Waals surface area contributed by atoms with Gasteiger partial charge < -0.3 is 4.42 Å². The maximum absolute atomic E-state index is 12.8. The van der Waals surface area contributed by atoms with Gasteiger partial charge in [-0.15, -0.1) is 0 Å². The monoisotopic (exact) mass is 359 g/mol. The molecule has 1 N–H and O–H groups in total. The number of nitrogens with zero attached hydrogens (tertiary/aromatic N) is 2. The molecular weight excluding hydrogens is 347 g/mol. The van der Waals surface area contributed by atoms with Crippen LogP contribution in [-0.4, -0.2) is 17.1 Å². The first kappa shape index (κ1) is 17.4. The third-order valence-electron chi connectivity index (χ3n) is 3.38. The van der Waals surface area contributed by atoms with Gasteiger partial charge >= 0.3 is 6.18 Å². The van der Waals surface area contributed by atoms with Crippen LogP contribution in [0.25, 0.3) is 11.3 Å². The SMILES string of the molecule is O=C(N/N=C\c1ccc(-c2cccc(C(F)(F)F)c2)o1)c1cccnc1. The summed E-state index contributed by atoms with van der Waals surface area (Å²) in [5, 5.41) is 3.76. The van der Waals surface area contributed by atoms with Gasteiger partial charge in [0.15, 0.2) is 0 Å². The van der Waals surface area contributed by atoms with Gasteiger partial charge in [0.2, 0.25) is 0 Å². The first-order chi connectivity index (χ1) is 12.4. The summed E-state index contributed by atoms with van der Waals surface area (Å²) in [4.78, 5) is 15.6. The van der Waals surface area contributed by atoms with Gasteiger partial charge in [-0.1, -0.05) is 12.1 Å². The van der Waals surface area contributed by atoms with Crippen LogP contribution in [0.4, 0.5) is 13.2 Å². The Morgan fingerprint density at radius 1 is 1.15 bits per heavy atom. The van der Waals surface area contributed by atoms with Crippen LogP contribution in [0.1, 0.15) is 21.7 Å². The molecule has 0 fully saturated rings. The van der Waals surface area contributed by atoms with Crippen molar-refractivity contribution in [3.05, 3.63) is 77.8 Å². The first-order valence-electron chi connectivity index (χ1n) is 7.44. The van der Waals surface area contributed by atoms with Gasteiger partial charge in [0, 0.05) is 18.0 Å². The van der Waals surface area contributed by atoms with Crippen molar-refractivity contribution < 1.29 is 22.4 Å². The van der Waals surface area contributed by atoms with E-state index in [9.17, 15) is 18.0 Å². The number of alkyl halides is 3. The second-order valence-corrected chi connectivity index (χ2v) is 5.22. The number of rotatable bonds is 4. The summed E-state index contributed by atoms with van der Waals surface area (Å²) in [5.74, 6) is 0.0963. The van der Waals surface area contributed by atoms with Crippen molar-refractivity contribution in [2.24, 2.45) is 5.10 Å². The molecule has 0 aliphatic carbocycles. The number of hydrogen-bond donors (Lipinski definition) is 1. The highest BCUT2D eigenvalue weighted by molar-refractivity contribution is 5.94. The number of furan rings is 1. The lowest BCUT2D eigenvalue weighted by Gasteiger charge is -2.07. The number of halogens is 3. The summed E-state index contributed by atoms with van der Waals surface area (Å²) in [6, 6.07) is 11.1. The van der Waals surface area contributed by atoms with Crippen LogP contribution in [-0.2, 0) is 6.18 Å². The van der Waals surface area contributed by atoms with Crippen LogP contribution >= 0.6 is 0 Å². The predicted molar refractivity (Wildman–Crippen MR) is 88.4 cm³/mol. The number of pyridine rings is 1. The number of nitrogens with one attached hydrogen (secondary N) is 1. The maximum Gasteiger partial charge on any atom is 0.416 e. The second-order valence-electron chi connectivity index (χ2n) is 5.22. The number of benzene rings is 1. The number of carbonyl (C=O) groups excluding carboxylic acids is 1. The average Bonchev–Trinajstić information content (AvgIpc) is 3.11. The zero-order valence-electron chi connectivity index (χ0n) is 13.2. The van der Waals surface area contributed by atoms with Crippen LogP contribution in [0.15, 0.2) is 70.4 Å². The maximum atomic E-state index is 12.8. The molecule has 0 aliphatic rings. The average molecular weight is 359 g/mol. The molecule has 0 saturated heterocycles. The van der Waals surface area contributed by atoms with E-state index < -0.39 is 17.6 Å². The molecule has 0 unspecified atom stereocenters. The summed E-state index contributed by atoms with van der Waals surface area (Å²) < 4.78 is 43.8. The fraction of sp³-hybridized carbons (Fsp3) is 0.0556. The van der Waals surface area contributed by atoms with Gasteiger partial charge in [-0.3, -0.25) is 9.78 Å². The Labute approximate surface area is 146 Å². The molecule has 0 aliphatic heterocycles. The highest BCUT2D eigenvalue weighted by atomic mass is 19.4. The lowest BCUT2D eigenvalue weighted by atomic mass is 10.1. The number of aromatic nitrogens is 1. The molecule has 0 radical (unpaired) electrons. The minimum atomic E-state index is -4.43. The molecule has 2 aromatic heterocycles. The number of carbonyl (C=O) groups is 1. The lowest BCUT2D eigenvalue weighted by Crippen LogP contribution is -2.17. The van der Waals surface area contributed by atoms with E-state index in [1.165, 1.54) is 42.9 Å². The Morgan fingerprint density at radius 3 is 2.73 bits per heavy atom. The fourth-order valence-electron chi connectivity index (χ4n) is 2.14. The van der Waals surface area contributed by atoms with E-state index in [0.29, 0.717) is 11.1 Å². The molecule has 1 aromatic carbocycles. The molecule has 0 spiro atoms. The van der Waals surface area contributed by atoms with Crippen molar-refractivity contribution in [3.8, 4) is 11.3 Å². The summed E-state index contributed by atoms with van der Waals surface area (Å²) in [6.45, 7) is 0. The Bertz CT molecular complexity index is 934. The van der Waals surface area contributed by atoms with Crippen LogP contribution in [0.3, 0.4) is 0 Å². The topological polar surface area (TPSA) is 67.5 Å². The molecule has 8 heteroatoms. The van der Waals surface area contributed by atoms with E-state index in [0.717, 1.165) is 12.1 Å². The summed E-state index contributed by atoms with van der Waals surface area (Å²) >= 11 is 0. The van der Waals surface area contributed by atoms with Gasteiger partial charge in [-0.25, -0.2) is 5.43 Å². The normalized spacial score (nSPS) is 11.7. The lowest BCUT2D eigenvalue weighted by molar-refractivity contribution is -0.137. The van der Waals surface area contributed by atoms with Crippen molar-refractivity contribution >= 4 is 12.1 Å². The quantitative estimate of drug-likeness (QED) is 0.563. The van der Waals surface area contributed by atoms with Crippen LogP contribution in [0.2, 0.25) is 0 Å². The van der Waals surface area contributed by atoms with Gasteiger partial charge in [-0.2, -0.15) is 18.3 Å². The molecular formula is C18H12F3N3O2. The molecule has 0 atom stereocenters. The van der Waals surface area contributed by atoms with Gasteiger partial charge in [0.05, 0.1) is 17.3 Å². The molecule has 3 rings (SSSR count). The Hall–Kier alpha value is -3.42. The zero-order valence-corrected chi connectivity index (χ0v) is 13.2. The van der Waals surface area contributed by atoms with Crippen LogP contribution in [0, 0.1) is 0 Å². The first-order valence-corrected chi connectivity index (χ1v) is 7.44. The van der Waals surface area contributed by atoms with E-state index in [4.69, 9.17) is 4.42 Å². The molecule has 5 nitrogen and oxygen atoms in total. The van der Waals surface area contributed by atoms with E-state index in [1.807, 2.05) is 0 Å². The largest absolute Gasteiger partial charge is 0.455 e. The molecule has 0 saturated carbocycles. The third kappa shape index (κ3) is 4.15. The number of amides is 1. The van der Waals surface area contributed by atoms with Crippen molar-refractivity contribution in [1.29, 1.82) is 0 Å². The fourth-order valence-corrected chi connectivity index (χ4v) is 2.14. The van der Waals surface area contributed by atoms with Crippen molar-refractivity contribution in [3.63, 3.8) is 0 Å². The highest BCUT2D eigenvalue weighted by Crippen LogP contribution is 2.32. The molecule has 0 bridgehead atoms. The highest BCUT2D eigenvalue weighted by Gasteiger charge is 2.30. The van der Waals surface area contributed by atoms with E-state index in [1.54, 1.807) is 12.1 Å². The standard InChI is InChI=1S/C18H12F3N3O2/c19-18(20,21)14-5-1-3-12(9-14)16-7-6-15(26-16)11-23-24-17(25)13-4-2-8-22-10-13/h1-11H,(H,24,25)/b23-11-. The van der Waals surface area contributed by atoms with E-state index in [2.05, 4.69) is 15.5 Å². The molecule has 132 valence electrons. The van der Waals surface area contributed by atoms with Crippen LogP contribution in [0.5, 0.6) is 0 Å².